The molecule has 0 aliphatic carbocycles. The van der Waals surface area contributed by atoms with Gasteiger partial charge in [0.2, 0.25) is 0 Å². The van der Waals surface area contributed by atoms with Gasteiger partial charge in [-0.05, 0) is 17.7 Å². The van der Waals surface area contributed by atoms with Gasteiger partial charge in [0.15, 0.2) is 0 Å². The van der Waals surface area contributed by atoms with Gasteiger partial charge in [0.05, 0.1) is 5.69 Å². The summed E-state index contributed by atoms with van der Waals surface area (Å²) in [6.45, 7) is 0. The number of rotatable bonds is 2. The monoisotopic (exact) mass is 221 g/mol. The van der Waals surface area contributed by atoms with Gasteiger partial charge in [-0.2, -0.15) is 5.10 Å². The van der Waals surface area contributed by atoms with Gasteiger partial charge < -0.3 is 5.73 Å². The Kier molecular flexibility index (Phi) is 2.64. The van der Waals surface area contributed by atoms with Gasteiger partial charge in [-0.25, -0.2) is 0 Å². The lowest BCUT2D eigenvalue weighted by Crippen LogP contribution is -1.97. The molecular formula is C11H12ClN3. The van der Waals surface area contributed by atoms with Crippen molar-refractivity contribution < 1.29 is 0 Å². The lowest BCUT2D eigenvalue weighted by molar-refractivity contribution is 0.759. The van der Waals surface area contributed by atoms with Gasteiger partial charge >= 0.3 is 0 Å². The predicted octanol–water partition coefficient (Wildman–Crippen LogP) is 2.25. The molecule has 78 valence electrons. The maximum atomic E-state index is 5.90. The first-order valence-corrected chi connectivity index (χ1v) is 5.06. The van der Waals surface area contributed by atoms with Crippen LogP contribution >= 0.6 is 11.6 Å². The summed E-state index contributed by atoms with van der Waals surface area (Å²) in [5.74, 6) is 0.673. The Morgan fingerprint density at radius 2 is 2.20 bits per heavy atom. The number of nitrogens with zero attached hydrogens (tertiary/aromatic N) is 2. The number of halogens is 1. The number of hydrogen-bond donors (Lipinski definition) is 1. The molecule has 0 saturated heterocycles. The molecule has 3 nitrogen and oxygen atoms in total. The molecule has 2 N–H and O–H groups in total. The minimum atomic E-state index is 0.673. The van der Waals surface area contributed by atoms with Crippen LogP contribution in [-0.4, -0.2) is 9.78 Å². The fraction of sp³-hybridized carbons (Fsp3) is 0.182. The van der Waals surface area contributed by atoms with Crippen LogP contribution < -0.4 is 5.73 Å². The lowest BCUT2D eigenvalue weighted by Gasteiger charge is -1.98. The van der Waals surface area contributed by atoms with E-state index in [1.165, 1.54) is 0 Å². The molecule has 1 aromatic carbocycles. The fourth-order valence-corrected chi connectivity index (χ4v) is 1.70. The minimum Gasteiger partial charge on any atom is -0.384 e. The molecule has 2 aromatic rings. The molecule has 0 aliphatic rings. The van der Waals surface area contributed by atoms with Gasteiger partial charge in [0.25, 0.3) is 0 Å². The van der Waals surface area contributed by atoms with E-state index in [0.717, 1.165) is 22.7 Å². The Bertz CT molecular complexity index is 457. The highest BCUT2D eigenvalue weighted by molar-refractivity contribution is 6.30. The lowest BCUT2D eigenvalue weighted by atomic mass is 10.1. The topological polar surface area (TPSA) is 43.8 Å². The van der Waals surface area contributed by atoms with E-state index in [1.54, 1.807) is 4.68 Å². The van der Waals surface area contributed by atoms with E-state index in [1.807, 2.05) is 37.4 Å². The van der Waals surface area contributed by atoms with Crippen molar-refractivity contribution in [2.24, 2.45) is 7.05 Å². The van der Waals surface area contributed by atoms with Crippen molar-refractivity contribution in [1.29, 1.82) is 0 Å². The zero-order chi connectivity index (χ0) is 10.8. The molecule has 4 heteroatoms. The van der Waals surface area contributed by atoms with E-state index in [9.17, 15) is 0 Å². The average Bonchev–Trinajstić information content (AvgIpc) is 2.45. The predicted molar refractivity (Wildman–Crippen MR) is 61.9 cm³/mol. The molecule has 0 fully saturated rings. The minimum absolute atomic E-state index is 0.673. The Morgan fingerprint density at radius 3 is 2.80 bits per heavy atom. The van der Waals surface area contributed by atoms with Crippen molar-refractivity contribution >= 4 is 17.4 Å². The SMILES string of the molecule is Cn1nc(Cc2cccc(Cl)c2)cc1N. The van der Waals surface area contributed by atoms with Crippen LogP contribution in [0.1, 0.15) is 11.3 Å². The van der Waals surface area contributed by atoms with Gasteiger partial charge in [-0.3, -0.25) is 4.68 Å². The van der Waals surface area contributed by atoms with Crippen molar-refractivity contribution in [2.45, 2.75) is 6.42 Å². The Labute approximate surface area is 93.5 Å². The van der Waals surface area contributed by atoms with Gasteiger partial charge in [-0.15, -0.1) is 0 Å². The van der Waals surface area contributed by atoms with Crippen LogP contribution in [0.25, 0.3) is 0 Å². The number of benzene rings is 1. The Morgan fingerprint density at radius 1 is 1.40 bits per heavy atom. The van der Waals surface area contributed by atoms with Gasteiger partial charge in [0.1, 0.15) is 5.82 Å². The molecule has 0 spiro atoms. The van der Waals surface area contributed by atoms with Gasteiger partial charge in [-0.1, -0.05) is 23.7 Å². The third-order valence-electron chi connectivity index (χ3n) is 2.24. The summed E-state index contributed by atoms with van der Waals surface area (Å²) < 4.78 is 1.67. The van der Waals surface area contributed by atoms with Crippen molar-refractivity contribution in [3.8, 4) is 0 Å². The van der Waals surface area contributed by atoms with Crippen LogP contribution in [0.3, 0.4) is 0 Å². The molecule has 0 saturated carbocycles. The second-order valence-corrected chi connectivity index (χ2v) is 3.93. The fourth-order valence-electron chi connectivity index (χ4n) is 1.49. The number of aromatic nitrogens is 2. The zero-order valence-electron chi connectivity index (χ0n) is 8.44. The van der Waals surface area contributed by atoms with Gasteiger partial charge in [0, 0.05) is 24.6 Å². The molecule has 0 amide bonds. The zero-order valence-corrected chi connectivity index (χ0v) is 9.20. The summed E-state index contributed by atoms with van der Waals surface area (Å²) in [4.78, 5) is 0. The van der Waals surface area contributed by atoms with E-state index in [4.69, 9.17) is 17.3 Å². The number of nitrogens with two attached hydrogens (primary N) is 1. The van der Waals surface area contributed by atoms with Crippen molar-refractivity contribution in [3.05, 3.63) is 46.6 Å². The summed E-state index contributed by atoms with van der Waals surface area (Å²) in [7, 11) is 1.83. The maximum absolute atomic E-state index is 5.90. The summed E-state index contributed by atoms with van der Waals surface area (Å²) in [6.07, 6.45) is 0.756. The van der Waals surface area contributed by atoms with Crippen LogP contribution in [0, 0.1) is 0 Å². The third-order valence-corrected chi connectivity index (χ3v) is 2.48. The highest BCUT2D eigenvalue weighted by Gasteiger charge is 2.03. The number of nitrogen functional groups attached to an aromatic ring is 1. The Hall–Kier alpha value is -1.48. The standard InChI is InChI=1S/C11H12ClN3/c1-15-11(13)7-10(14-15)6-8-3-2-4-9(12)5-8/h2-5,7H,6,13H2,1H3. The Balaban J connectivity index is 2.22. The summed E-state index contributed by atoms with van der Waals surface area (Å²) in [5, 5.41) is 5.03. The largest absolute Gasteiger partial charge is 0.384 e. The molecule has 0 atom stereocenters. The van der Waals surface area contributed by atoms with Crippen LogP contribution in [0.4, 0.5) is 5.82 Å². The van der Waals surface area contributed by atoms with Crippen LogP contribution in [0.2, 0.25) is 5.02 Å². The van der Waals surface area contributed by atoms with E-state index in [0.29, 0.717) is 5.82 Å². The molecule has 15 heavy (non-hydrogen) atoms. The third kappa shape index (κ3) is 2.30. The quantitative estimate of drug-likeness (QED) is 0.846. The molecule has 0 aliphatic heterocycles. The number of hydrogen-bond acceptors (Lipinski definition) is 2. The first kappa shape index (κ1) is 10.1. The molecular weight excluding hydrogens is 210 g/mol. The molecule has 2 rings (SSSR count). The smallest absolute Gasteiger partial charge is 0.121 e. The summed E-state index contributed by atoms with van der Waals surface area (Å²) in [5.41, 5.74) is 7.79. The maximum Gasteiger partial charge on any atom is 0.121 e. The van der Waals surface area contributed by atoms with Crippen LogP contribution in [0.15, 0.2) is 30.3 Å². The number of aryl methyl sites for hydroxylation is 1. The van der Waals surface area contributed by atoms with E-state index in [-0.39, 0.29) is 0 Å². The van der Waals surface area contributed by atoms with Crippen molar-refractivity contribution in [3.63, 3.8) is 0 Å². The summed E-state index contributed by atoms with van der Waals surface area (Å²) >= 11 is 5.90. The summed E-state index contributed by atoms with van der Waals surface area (Å²) in [6, 6.07) is 9.63. The number of anilines is 1. The van der Waals surface area contributed by atoms with Crippen molar-refractivity contribution in [1.82, 2.24) is 9.78 Å². The average molecular weight is 222 g/mol. The van der Waals surface area contributed by atoms with Crippen LogP contribution in [-0.2, 0) is 13.5 Å². The molecule has 1 aromatic heterocycles. The second-order valence-electron chi connectivity index (χ2n) is 3.49. The molecule has 1 heterocycles. The first-order chi connectivity index (χ1) is 7.15. The van der Waals surface area contributed by atoms with E-state index in [2.05, 4.69) is 5.10 Å². The first-order valence-electron chi connectivity index (χ1n) is 4.68. The normalized spacial score (nSPS) is 10.5. The van der Waals surface area contributed by atoms with Crippen LogP contribution in [0.5, 0.6) is 0 Å². The van der Waals surface area contributed by atoms with E-state index >= 15 is 0 Å². The van der Waals surface area contributed by atoms with E-state index < -0.39 is 0 Å². The van der Waals surface area contributed by atoms with Crippen molar-refractivity contribution in [2.75, 3.05) is 5.73 Å². The highest BCUT2D eigenvalue weighted by atomic mass is 35.5. The second kappa shape index (κ2) is 3.95. The molecule has 0 bridgehead atoms. The molecule has 0 unspecified atom stereocenters. The highest BCUT2D eigenvalue weighted by Crippen LogP contribution is 2.15. The molecule has 0 radical (unpaired) electrons.